The molecule has 0 bridgehead atoms. The number of thioether (sulfide) groups is 1. The standard InChI is InChI=1S/C12H10N6O2S/c13-10-15-11-14-7-4-2-1-3-6(7)9(20)18(11)12(17-10)16-8(19)5-21-12/h1-4H,5H2,(H,16,19)(H3,13,14,15,17). The number of guanidine groups is 1. The quantitative estimate of drug-likeness (QED) is 0.608. The highest BCUT2D eigenvalue weighted by Gasteiger charge is 2.45. The average Bonchev–Trinajstić information content (AvgIpc) is 2.79. The second-order valence-electron chi connectivity index (χ2n) is 4.66. The maximum Gasteiger partial charge on any atom is 0.273 e. The van der Waals surface area contributed by atoms with Gasteiger partial charge < -0.3 is 11.1 Å². The van der Waals surface area contributed by atoms with Crippen molar-refractivity contribution < 1.29 is 4.79 Å². The van der Waals surface area contributed by atoms with E-state index in [0.29, 0.717) is 10.9 Å². The van der Waals surface area contributed by atoms with Crippen molar-refractivity contribution in [2.24, 2.45) is 10.7 Å². The highest BCUT2D eigenvalue weighted by Crippen LogP contribution is 2.37. The van der Waals surface area contributed by atoms with E-state index in [4.69, 9.17) is 5.73 Å². The lowest BCUT2D eigenvalue weighted by Gasteiger charge is -2.32. The largest absolute Gasteiger partial charge is 0.369 e. The fourth-order valence-corrected chi connectivity index (χ4v) is 3.51. The van der Waals surface area contributed by atoms with Crippen LogP contribution in [0.5, 0.6) is 0 Å². The monoisotopic (exact) mass is 302 g/mol. The number of nitrogens with zero attached hydrogens (tertiary/aromatic N) is 3. The minimum Gasteiger partial charge on any atom is -0.369 e. The summed E-state index contributed by atoms with van der Waals surface area (Å²) in [6, 6.07) is 7.00. The molecule has 4 rings (SSSR count). The van der Waals surface area contributed by atoms with Crippen LogP contribution in [-0.4, -0.2) is 27.2 Å². The van der Waals surface area contributed by atoms with Gasteiger partial charge in [-0.1, -0.05) is 23.9 Å². The Labute approximate surface area is 122 Å². The number of aliphatic imine (C=N–C) groups is 1. The second kappa shape index (κ2) is 3.98. The summed E-state index contributed by atoms with van der Waals surface area (Å²) in [7, 11) is 0. The van der Waals surface area contributed by atoms with Gasteiger partial charge in [0.2, 0.25) is 11.9 Å². The molecule has 2 aromatic rings. The van der Waals surface area contributed by atoms with E-state index >= 15 is 0 Å². The van der Waals surface area contributed by atoms with Gasteiger partial charge in [-0.15, -0.1) is 0 Å². The van der Waals surface area contributed by atoms with Gasteiger partial charge in [0.05, 0.1) is 16.7 Å². The Balaban J connectivity index is 2.08. The lowest BCUT2D eigenvalue weighted by molar-refractivity contribution is -0.119. The van der Waals surface area contributed by atoms with E-state index in [0.717, 1.165) is 0 Å². The molecule has 0 aliphatic carbocycles. The van der Waals surface area contributed by atoms with E-state index in [2.05, 4.69) is 20.6 Å². The highest BCUT2D eigenvalue weighted by atomic mass is 32.2. The molecule has 1 atom stereocenters. The number of carbonyl (C=O) groups excluding carboxylic acids is 1. The van der Waals surface area contributed by atoms with Crippen molar-refractivity contribution in [3.05, 3.63) is 34.6 Å². The van der Waals surface area contributed by atoms with Gasteiger partial charge >= 0.3 is 0 Å². The lowest BCUT2D eigenvalue weighted by Crippen LogP contribution is -2.52. The second-order valence-corrected chi connectivity index (χ2v) is 5.81. The Bertz CT molecular complexity index is 876. The molecule has 1 amide bonds. The fraction of sp³-hybridized carbons (Fsp3) is 0.167. The maximum atomic E-state index is 12.8. The van der Waals surface area contributed by atoms with Gasteiger partial charge in [0.15, 0.2) is 5.96 Å². The maximum absolute atomic E-state index is 12.8. The molecule has 1 aromatic carbocycles. The van der Waals surface area contributed by atoms with Crippen molar-refractivity contribution in [2.45, 2.75) is 5.12 Å². The van der Waals surface area contributed by atoms with E-state index in [1.165, 1.54) is 16.3 Å². The Morgan fingerprint density at radius 1 is 1.33 bits per heavy atom. The number of nitrogens with two attached hydrogens (primary N) is 1. The summed E-state index contributed by atoms with van der Waals surface area (Å²) in [5, 5.41) is 4.68. The number of hydrogen-bond acceptors (Lipinski definition) is 7. The molecule has 4 N–H and O–H groups in total. The topological polar surface area (TPSA) is 114 Å². The highest BCUT2D eigenvalue weighted by molar-refractivity contribution is 8.01. The number of aromatic nitrogens is 2. The molecule has 8 nitrogen and oxygen atoms in total. The average molecular weight is 302 g/mol. The molecule has 1 spiro atoms. The van der Waals surface area contributed by atoms with Crippen LogP contribution in [0.4, 0.5) is 5.95 Å². The van der Waals surface area contributed by atoms with Crippen LogP contribution in [0.15, 0.2) is 34.1 Å². The van der Waals surface area contributed by atoms with Crippen LogP contribution in [0.1, 0.15) is 0 Å². The zero-order chi connectivity index (χ0) is 14.6. The zero-order valence-corrected chi connectivity index (χ0v) is 11.5. The van der Waals surface area contributed by atoms with Crippen LogP contribution in [0.2, 0.25) is 0 Å². The van der Waals surface area contributed by atoms with E-state index in [-0.39, 0.29) is 29.1 Å². The Hall–Kier alpha value is -2.55. The van der Waals surface area contributed by atoms with Crippen molar-refractivity contribution in [1.82, 2.24) is 14.9 Å². The number of benzene rings is 1. The van der Waals surface area contributed by atoms with Gasteiger partial charge in [0.1, 0.15) is 0 Å². The summed E-state index contributed by atoms with van der Waals surface area (Å²) >= 11 is 1.20. The van der Waals surface area contributed by atoms with E-state index < -0.39 is 5.12 Å². The Kier molecular flexibility index (Phi) is 2.31. The van der Waals surface area contributed by atoms with Crippen LogP contribution < -0.4 is 21.9 Å². The lowest BCUT2D eigenvalue weighted by atomic mass is 10.2. The Morgan fingerprint density at radius 3 is 2.90 bits per heavy atom. The summed E-state index contributed by atoms with van der Waals surface area (Å²) in [6.45, 7) is 0. The Morgan fingerprint density at radius 2 is 2.14 bits per heavy atom. The predicted molar refractivity (Wildman–Crippen MR) is 79.8 cm³/mol. The number of rotatable bonds is 0. The van der Waals surface area contributed by atoms with Gasteiger partial charge in [-0.25, -0.2) is 9.55 Å². The summed E-state index contributed by atoms with van der Waals surface area (Å²) in [6.07, 6.45) is 0. The van der Waals surface area contributed by atoms with Crippen molar-refractivity contribution in [1.29, 1.82) is 0 Å². The SMILES string of the molecule is NC1=NC2(NC(=O)CS2)n2c(nc3ccccc3c2=O)N1. The number of carbonyl (C=O) groups is 1. The minimum absolute atomic E-state index is 0.104. The first-order chi connectivity index (χ1) is 10.1. The van der Waals surface area contributed by atoms with Crippen molar-refractivity contribution in [2.75, 3.05) is 11.1 Å². The fourth-order valence-electron chi connectivity index (χ4n) is 2.45. The molecule has 2 aliphatic heterocycles. The van der Waals surface area contributed by atoms with Crippen molar-refractivity contribution in [3.63, 3.8) is 0 Å². The molecule has 1 unspecified atom stereocenters. The first kappa shape index (κ1) is 12.2. The first-order valence-electron chi connectivity index (χ1n) is 6.19. The van der Waals surface area contributed by atoms with Gasteiger partial charge in [0, 0.05) is 0 Å². The van der Waals surface area contributed by atoms with Gasteiger partial charge in [-0.2, -0.15) is 4.99 Å². The molecular weight excluding hydrogens is 292 g/mol. The predicted octanol–water partition coefficient (Wildman–Crippen LogP) is -0.433. The summed E-state index contributed by atoms with van der Waals surface area (Å²) in [5.74, 6) is 0.368. The van der Waals surface area contributed by atoms with Gasteiger partial charge in [-0.05, 0) is 12.1 Å². The van der Waals surface area contributed by atoms with E-state index in [1.807, 2.05) is 0 Å². The molecule has 21 heavy (non-hydrogen) atoms. The van der Waals surface area contributed by atoms with Crippen LogP contribution in [0, 0.1) is 0 Å². The van der Waals surface area contributed by atoms with Crippen molar-refractivity contribution in [3.8, 4) is 0 Å². The zero-order valence-electron chi connectivity index (χ0n) is 10.7. The molecule has 0 radical (unpaired) electrons. The molecule has 3 heterocycles. The molecule has 1 saturated heterocycles. The summed E-state index contributed by atoms with van der Waals surface area (Å²) in [5.41, 5.74) is 6.04. The third kappa shape index (κ3) is 1.64. The van der Waals surface area contributed by atoms with Gasteiger partial charge in [-0.3, -0.25) is 14.9 Å². The van der Waals surface area contributed by atoms with Crippen molar-refractivity contribution >= 4 is 40.5 Å². The summed E-state index contributed by atoms with van der Waals surface area (Å²) in [4.78, 5) is 33.0. The number of fused-ring (bicyclic) bond motifs is 3. The third-order valence-electron chi connectivity index (χ3n) is 3.30. The number of para-hydroxylation sites is 1. The number of amides is 1. The normalized spacial score (nSPS) is 23.6. The van der Waals surface area contributed by atoms with E-state index in [1.54, 1.807) is 24.3 Å². The minimum atomic E-state index is -1.25. The van der Waals surface area contributed by atoms with E-state index in [9.17, 15) is 9.59 Å². The van der Waals surface area contributed by atoms with Crippen LogP contribution in [-0.2, 0) is 9.91 Å². The molecule has 2 aliphatic rings. The molecule has 0 saturated carbocycles. The first-order valence-corrected chi connectivity index (χ1v) is 7.17. The van der Waals surface area contributed by atoms with Gasteiger partial charge in [0.25, 0.3) is 10.7 Å². The number of hydrogen-bond donors (Lipinski definition) is 3. The number of anilines is 1. The molecule has 1 fully saturated rings. The smallest absolute Gasteiger partial charge is 0.273 e. The number of nitrogens with one attached hydrogen (secondary N) is 2. The molecular formula is C12H10N6O2S. The summed E-state index contributed by atoms with van der Waals surface area (Å²) < 4.78 is 1.33. The molecule has 106 valence electrons. The van der Waals surface area contributed by atoms with Crippen LogP contribution in [0.25, 0.3) is 10.9 Å². The third-order valence-corrected chi connectivity index (χ3v) is 4.48. The molecule has 9 heteroatoms. The van der Waals surface area contributed by atoms with Crippen LogP contribution in [0.3, 0.4) is 0 Å². The van der Waals surface area contributed by atoms with Crippen LogP contribution >= 0.6 is 11.8 Å². The molecule has 1 aromatic heterocycles.